The molecule has 0 fully saturated rings. The zero-order valence-electron chi connectivity index (χ0n) is 12.1. The number of rotatable bonds is 5. The summed E-state index contributed by atoms with van der Waals surface area (Å²) in [6.07, 6.45) is 5.54. The quantitative estimate of drug-likeness (QED) is 0.627. The fourth-order valence-corrected chi connectivity index (χ4v) is 1.44. The van der Waals surface area contributed by atoms with E-state index < -0.39 is 5.60 Å². The Balaban J connectivity index is 0.000000411. The zero-order chi connectivity index (χ0) is 14.0. The summed E-state index contributed by atoms with van der Waals surface area (Å²) in [5.74, 6) is -0.247. The van der Waals surface area contributed by atoms with E-state index in [1.54, 1.807) is 24.3 Å². The van der Waals surface area contributed by atoms with Crippen molar-refractivity contribution in [3.8, 4) is 0 Å². The third kappa shape index (κ3) is 7.23. The highest BCUT2D eigenvalue weighted by atomic mass is 16.3. The van der Waals surface area contributed by atoms with Crippen molar-refractivity contribution in [3.05, 3.63) is 35.9 Å². The van der Waals surface area contributed by atoms with Crippen molar-refractivity contribution in [2.24, 2.45) is 0 Å². The predicted octanol–water partition coefficient (Wildman–Crippen LogP) is 4.23. The molecule has 0 spiro atoms. The van der Waals surface area contributed by atoms with Gasteiger partial charge in [-0.05, 0) is 13.8 Å². The molecule has 102 valence electrons. The molecule has 0 bridgehead atoms. The maximum absolute atomic E-state index is 11.4. The van der Waals surface area contributed by atoms with Gasteiger partial charge in [-0.3, -0.25) is 4.79 Å². The van der Waals surface area contributed by atoms with E-state index in [0.717, 1.165) is 0 Å². The minimum atomic E-state index is -1.28. The van der Waals surface area contributed by atoms with Gasteiger partial charge in [-0.15, -0.1) is 0 Å². The van der Waals surface area contributed by atoms with E-state index in [2.05, 4.69) is 13.8 Å². The molecule has 0 unspecified atom stereocenters. The van der Waals surface area contributed by atoms with Gasteiger partial charge in [0.2, 0.25) is 0 Å². The summed E-state index contributed by atoms with van der Waals surface area (Å²) in [6.45, 7) is 7.44. The van der Waals surface area contributed by atoms with Crippen LogP contribution in [0, 0.1) is 0 Å². The molecule has 0 heterocycles. The molecule has 0 radical (unpaired) electrons. The van der Waals surface area contributed by atoms with Crippen LogP contribution in [0.1, 0.15) is 63.7 Å². The number of carbonyl (C=O) groups is 1. The van der Waals surface area contributed by atoms with Gasteiger partial charge in [0.25, 0.3) is 0 Å². The van der Waals surface area contributed by atoms with Crippen LogP contribution in [0.25, 0.3) is 0 Å². The molecule has 0 aliphatic heterocycles. The maximum Gasteiger partial charge on any atom is 0.193 e. The fraction of sp³-hybridized carbons (Fsp3) is 0.562. The molecule has 0 amide bonds. The number of ketones is 1. The molecule has 0 saturated heterocycles. The van der Waals surface area contributed by atoms with Gasteiger partial charge in [-0.25, -0.2) is 0 Å². The van der Waals surface area contributed by atoms with Crippen molar-refractivity contribution in [2.75, 3.05) is 0 Å². The van der Waals surface area contributed by atoms with E-state index in [9.17, 15) is 9.90 Å². The Morgan fingerprint density at radius 3 is 1.83 bits per heavy atom. The van der Waals surface area contributed by atoms with Crippen LogP contribution in [0.4, 0.5) is 0 Å². The molecule has 0 atom stereocenters. The molecular formula is C16H26O2. The Bertz CT molecular complexity index is 319. The first-order chi connectivity index (χ1) is 8.43. The van der Waals surface area contributed by atoms with Crippen LogP contribution < -0.4 is 0 Å². The number of unbranched alkanes of at least 4 members (excludes halogenated alkanes) is 3. The van der Waals surface area contributed by atoms with E-state index in [1.807, 2.05) is 6.07 Å². The highest BCUT2D eigenvalue weighted by molar-refractivity contribution is 6.01. The van der Waals surface area contributed by atoms with E-state index in [4.69, 9.17) is 0 Å². The van der Waals surface area contributed by atoms with Crippen LogP contribution in [0.3, 0.4) is 0 Å². The number of aliphatic hydroxyl groups is 1. The van der Waals surface area contributed by atoms with Crippen molar-refractivity contribution in [2.45, 2.75) is 59.0 Å². The minimum Gasteiger partial charge on any atom is -0.382 e. The molecule has 0 saturated carbocycles. The standard InChI is InChI=1S/C10H12O2.C6H14/c1-10(2,12)9(11)8-6-4-3-5-7-8;1-3-5-6-4-2/h3-7,12H,1-2H3;3-6H2,1-2H3. The molecule has 0 aromatic heterocycles. The SMILES string of the molecule is CC(C)(O)C(=O)c1ccccc1.CCCCCC. The summed E-state index contributed by atoms with van der Waals surface area (Å²) in [5.41, 5.74) is -0.730. The summed E-state index contributed by atoms with van der Waals surface area (Å²) in [7, 11) is 0. The minimum absolute atomic E-state index is 0.247. The second-order valence-corrected chi connectivity index (χ2v) is 4.96. The van der Waals surface area contributed by atoms with Crippen LogP contribution in [-0.2, 0) is 0 Å². The van der Waals surface area contributed by atoms with Gasteiger partial charge >= 0.3 is 0 Å². The van der Waals surface area contributed by atoms with Gasteiger partial charge in [-0.2, -0.15) is 0 Å². The number of hydrogen-bond acceptors (Lipinski definition) is 2. The fourth-order valence-electron chi connectivity index (χ4n) is 1.44. The first-order valence-corrected chi connectivity index (χ1v) is 6.75. The van der Waals surface area contributed by atoms with E-state index in [0.29, 0.717) is 5.56 Å². The van der Waals surface area contributed by atoms with E-state index in [-0.39, 0.29) is 5.78 Å². The number of carbonyl (C=O) groups excluding carboxylic acids is 1. The molecule has 1 rings (SSSR count). The largest absolute Gasteiger partial charge is 0.382 e. The summed E-state index contributed by atoms with van der Waals surface area (Å²) in [5, 5.41) is 9.39. The lowest BCUT2D eigenvalue weighted by Crippen LogP contribution is -2.30. The van der Waals surface area contributed by atoms with Crippen molar-refractivity contribution in [1.29, 1.82) is 0 Å². The average molecular weight is 250 g/mol. The highest BCUT2D eigenvalue weighted by Gasteiger charge is 2.24. The van der Waals surface area contributed by atoms with Crippen LogP contribution in [0.2, 0.25) is 0 Å². The Kier molecular flexibility index (Phi) is 8.30. The van der Waals surface area contributed by atoms with Gasteiger partial charge in [0.15, 0.2) is 5.78 Å². The molecule has 0 aliphatic rings. The monoisotopic (exact) mass is 250 g/mol. The molecule has 1 aromatic carbocycles. The van der Waals surface area contributed by atoms with Crippen LogP contribution >= 0.6 is 0 Å². The van der Waals surface area contributed by atoms with Gasteiger partial charge in [0.1, 0.15) is 5.60 Å². The molecule has 2 nitrogen and oxygen atoms in total. The topological polar surface area (TPSA) is 37.3 Å². The third-order valence-electron chi connectivity index (χ3n) is 2.55. The summed E-state index contributed by atoms with van der Waals surface area (Å²) >= 11 is 0. The summed E-state index contributed by atoms with van der Waals surface area (Å²) < 4.78 is 0. The average Bonchev–Trinajstić information content (AvgIpc) is 2.36. The maximum atomic E-state index is 11.4. The molecule has 1 aromatic rings. The van der Waals surface area contributed by atoms with Crippen molar-refractivity contribution in [1.82, 2.24) is 0 Å². The van der Waals surface area contributed by atoms with E-state index in [1.165, 1.54) is 39.5 Å². The van der Waals surface area contributed by atoms with Crippen molar-refractivity contribution >= 4 is 5.78 Å². The lowest BCUT2D eigenvalue weighted by molar-refractivity contribution is 0.0488. The van der Waals surface area contributed by atoms with Crippen molar-refractivity contribution in [3.63, 3.8) is 0 Å². The zero-order valence-corrected chi connectivity index (χ0v) is 12.1. The van der Waals surface area contributed by atoms with Gasteiger partial charge in [-0.1, -0.05) is 69.9 Å². The molecule has 2 heteroatoms. The van der Waals surface area contributed by atoms with Crippen LogP contribution in [-0.4, -0.2) is 16.5 Å². The molecule has 18 heavy (non-hydrogen) atoms. The molecule has 0 aliphatic carbocycles. The van der Waals surface area contributed by atoms with Crippen LogP contribution in [0.5, 0.6) is 0 Å². The predicted molar refractivity (Wildman–Crippen MR) is 76.9 cm³/mol. The van der Waals surface area contributed by atoms with Gasteiger partial charge in [0.05, 0.1) is 0 Å². The molecule has 1 N–H and O–H groups in total. The van der Waals surface area contributed by atoms with E-state index >= 15 is 0 Å². The second kappa shape index (κ2) is 8.87. The number of benzene rings is 1. The van der Waals surface area contributed by atoms with Crippen molar-refractivity contribution < 1.29 is 9.90 Å². The Labute approximate surface area is 111 Å². The lowest BCUT2D eigenvalue weighted by Gasteiger charge is -2.14. The smallest absolute Gasteiger partial charge is 0.193 e. The third-order valence-corrected chi connectivity index (χ3v) is 2.55. The summed E-state index contributed by atoms with van der Waals surface area (Å²) in [6, 6.07) is 8.78. The first-order valence-electron chi connectivity index (χ1n) is 6.75. The summed E-state index contributed by atoms with van der Waals surface area (Å²) in [4.78, 5) is 11.4. The second-order valence-electron chi connectivity index (χ2n) is 4.96. The lowest BCUT2D eigenvalue weighted by atomic mass is 9.97. The normalized spacial score (nSPS) is 10.5. The Morgan fingerprint density at radius 2 is 1.50 bits per heavy atom. The molecular weight excluding hydrogens is 224 g/mol. The number of hydrogen-bond donors (Lipinski definition) is 1. The Hall–Kier alpha value is -1.15. The van der Waals surface area contributed by atoms with Crippen LogP contribution in [0.15, 0.2) is 30.3 Å². The van der Waals surface area contributed by atoms with Gasteiger partial charge in [0, 0.05) is 5.56 Å². The number of Topliss-reactive ketones (excluding diaryl/α,β-unsaturated/α-hetero) is 1. The van der Waals surface area contributed by atoms with Gasteiger partial charge < -0.3 is 5.11 Å². The highest BCUT2D eigenvalue weighted by Crippen LogP contribution is 2.11. The first kappa shape index (κ1) is 16.9. The Morgan fingerprint density at radius 1 is 1.06 bits per heavy atom.